The molecule has 2 rings (SSSR count). The zero-order valence-corrected chi connectivity index (χ0v) is 7.79. The van der Waals surface area contributed by atoms with Crippen LogP contribution < -0.4 is 0 Å². The molecule has 1 aliphatic carbocycles. The molecule has 0 radical (unpaired) electrons. The highest BCUT2D eigenvalue weighted by Crippen LogP contribution is 2.35. The lowest BCUT2D eigenvalue weighted by Gasteiger charge is -2.17. The Bertz CT molecular complexity index is 406. The molecule has 3 heteroatoms. The van der Waals surface area contributed by atoms with Gasteiger partial charge in [-0.3, -0.25) is 0 Å². The minimum Gasteiger partial charge on any atom is -0.508 e. The van der Waals surface area contributed by atoms with Crippen molar-refractivity contribution in [2.75, 3.05) is 0 Å². The molecule has 3 nitrogen and oxygen atoms in total. The number of carbonyl (C=O) groups excluding carboxylic acids is 1. The first-order valence-corrected chi connectivity index (χ1v) is 4.74. The molecule has 0 aliphatic heterocycles. The molecule has 0 bridgehead atoms. The van der Waals surface area contributed by atoms with E-state index in [4.69, 9.17) is 0 Å². The lowest BCUT2D eigenvalue weighted by Crippen LogP contribution is -2.02. The second kappa shape index (κ2) is 3.64. The normalized spacial score (nSPS) is 14.3. The number of fused-ring (bicyclic) bond motifs is 1. The summed E-state index contributed by atoms with van der Waals surface area (Å²) in [6, 6.07) is 3.27. The van der Waals surface area contributed by atoms with Crippen molar-refractivity contribution in [3.8, 4) is 5.75 Å². The first-order chi connectivity index (χ1) is 6.83. The molecule has 1 aromatic rings. The van der Waals surface area contributed by atoms with Crippen LogP contribution in [0.4, 0.5) is 5.69 Å². The summed E-state index contributed by atoms with van der Waals surface area (Å²) in [7, 11) is 0. The highest BCUT2D eigenvalue weighted by atomic mass is 16.3. The first-order valence-electron chi connectivity index (χ1n) is 4.74. The Hall–Kier alpha value is -1.60. The molecule has 0 unspecified atom stereocenters. The summed E-state index contributed by atoms with van der Waals surface area (Å²) in [5.41, 5.74) is 2.62. The third kappa shape index (κ3) is 1.42. The number of benzene rings is 1. The van der Waals surface area contributed by atoms with Crippen LogP contribution in [-0.4, -0.2) is 11.2 Å². The number of hydrogen-bond acceptors (Lipinski definition) is 3. The molecule has 1 aromatic carbocycles. The van der Waals surface area contributed by atoms with Gasteiger partial charge >= 0.3 is 0 Å². The third-order valence-corrected chi connectivity index (χ3v) is 2.65. The minimum absolute atomic E-state index is 0.324. The molecule has 0 aromatic heterocycles. The van der Waals surface area contributed by atoms with Gasteiger partial charge in [-0.15, -0.1) is 0 Å². The maximum Gasteiger partial charge on any atom is 0.240 e. The van der Waals surface area contributed by atoms with Crippen molar-refractivity contribution in [2.45, 2.75) is 25.7 Å². The Kier molecular flexibility index (Phi) is 2.33. The van der Waals surface area contributed by atoms with Crippen LogP contribution in [0.1, 0.15) is 24.0 Å². The zero-order valence-electron chi connectivity index (χ0n) is 7.79. The molecule has 0 saturated heterocycles. The summed E-state index contributed by atoms with van der Waals surface area (Å²) >= 11 is 0. The average Bonchev–Trinajstić information content (AvgIpc) is 2.23. The van der Waals surface area contributed by atoms with Crippen LogP contribution in [-0.2, 0) is 17.6 Å². The molecule has 0 saturated carbocycles. The van der Waals surface area contributed by atoms with Crippen LogP contribution in [0, 0.1) is 0 Å². The maximum atomic E-state index is 10.2. The van der Waals surface area contributed by atoms with Gasteiger partial charge in [-0.05, 0) is 48.9 Å². The topological polar surface area (TPSA) is 49.7 Å². The molecule has 0 atom stereocenters. The van der Waals surface area contributed by atoms with E-state index >= 15 is 0 Å². The van der Waals surface area contributed by atoms with Gasteiger partial charge in [-0.1, -0.05) is 0 Å². The van der Waals surface area contributed by atoms with Crippen molar-refractivity contribution in [3.63, 3.8) is 0 Å². The summed E-state index contributed by atoms with van der Waals surface area (Å²) in [5, 5.41) is 9.61. The highest BCUT2D eigenvalue weighted by Gasteiger charge is 2.16. The fourth-order valence-corrected chi connectivity index (χ4v) is 1.98. The Morgan fingerprint density at radius 1 is 1.21 bits per heavy atom. The van der Waals surface area contributed by atoms with Crippen molar-refractivity contribution in [3.05, 3.63) is 23.3 Å². The van der Waals surface area contributed by atoms with Crippen molar-refractivity contribution in [2.24, 2.45) is 4.99 Å². The molecule has 0 amide bonds. The third-order valence-electron chi connectivity index (χ3n) is 2.65. The molecule has 1 N–H and O–H groups in total. The van der Waals surface area contributed by atoms with Crippen LogP contribution >= 0.6 is 0 Å². The van der Waals surface area contributed by atoms with Gasteiger partial charge in [0.1, 0.15) is 5.75 Å². The number of rotatable bonds is 1. The monoisotopic (exact) mass is 189 g/mol. The van der Waals surface area contributed by atoms with Crippen LogP contribution in [0.5, 0.6) is 5.75 Å². The van der Waals surface area contributed by atoms with Crippen molar-refractivity contribution >= 4 is 11.8 Å². The Morgan fingerprint density at radius 2 is 1.93 bits per heavy atom. The predicted octanol–water partition coefficient (Wildman–Crippen LogP) is 2.24. The van der Waals surface area contributed by atoms with Gasteiger partial charge in [-0.2, -0.15) is 4.99 Å². The number of hydrogen-bond donors (Lipinski definition) is 1. The Labute approximate surface area is 82.1 Å². The molecular formula is C11H11NO2. The second-order valence-electron chi connectivity index (χ2n) is 3.47. The average molecular weight is 189 g/mol. The largest absolute Gasteiger partial charge is 0.508 e. The summed E-state index contributed by atoms with van der Waals surface area (Å²) in [6.45, 7) is 0. The van der Waals surface area contributed by atoms with Gasteiger partial charge in [0.15, 0.2) is 0 Å². The van der Waals surface area contributed by atoms with E-state index in [-0.39, 0.29) is 0 Å². The Morgan fingerprint density at radius 3 is 2.64 bits per heavy atom. The Balaban J connectivity index is 2.58. The van der Waals surface area contributed by atoms with E-state index in [1.807, 2.05) is 0 Å². The molecular weight excluding hydrogens is 178 g/mol. The number of aliphatic imine (C=N–C) groups is 1. The van der Waals surface area contributed by atoms with Gasteiger partial charge < -0.3 is 5.11 Å². The summed E-state index contributed by atoms with van der Waals surface area (Å²) in [4.78, 5) is 13.8. The zero-order chi connectivity index (χ0) is 9.97. The summed E-state index contributed by atoms with van der Waals surface area (Å²) < 4.78 is 0. The highest BCUT2D eigenvalue weighted by molar-refractivity contribution is 5.60. The van der Waals surface area contributed by atoms with E-state index in [9.17, 15) is 9.90 Å². The summed E-state index contributed by atoms with van der Waals surface area (Å²) in [5.74, 6) is 0.324. The standard InChI is InChI=1S/C11H11NO2/c13-7-12-10-5-6-11(14)9-4-2-1-3-8(9)10/h5-6,14H,1-4H2. The van der Waals surface area contributed by atoms with Gasteiger partial charge in [-0.25, -0.2) is 4.79 Å². The van der Waals surface area contributed by atoms with Crippen LogP contribution in [0.2, 0.25) is 0 Å². The number of phenolic OH excluding ortho intramolecular Hbond substituents is 1. The predicted molar refractivity (Wildman–Crippen MR) is 52.5 cm³/mol. The lowest BCUT2D eigenvalue weighted by atomic mass is 9.90. The number of phenols is 1. The van der Waals surface area contributed by atoms with Crippen molar-refractivity contribution in [1.82, 2.24) is 0 Å². The van der Waals surface area contributed by atoms with Crippen LogP contribution in [0.25, 0.3) is 0 Å². The van der Waals surface area contributed by atoms with Gasteiger partial charge in [0.05, 0.1) is 5.69 Å². The molecule has 0 spiro atoms. The fraction of sp³-hybridized carbons (Fsp3) is 0.364. The fourth-order valence-electron chi connectivity index (χ4n) is 1.98. The van der Waals surface area contributed by atoms with Crippen LogP contribution in [0.15, 0.2) is 17.1 Å². The molecule has 0 heterocycles. The van der Waals surface area contributed by atoms with Crippen molar-refractivity contribution in [1.29, 1.82) is 0 Å². The smallest absolute Gasteiger partial charge is 0.240 e. The van der Waals surface area contributed by atoms with Crippen molar-refractivity contribution < 1.29 is 9.90 Å². The van der Waals surface area contributed by atoms with E-state index in [0.717, 1.165) is 36.8 Å². The molecule has 14 heavy (non-hydrogen) atoms. The quantitative estimate of drug-likeness (QED) is 0.544. The number of aromatic hydroxyl groups is 1. The van der Waals surface area contributed by atoms with E-state index in [2.05, 4.69) is 4.99 Å². The molecule has 1 aliphatic rings. The van der Waals surface area contributed by atoms with Gasteiger partial charge in [0.25, 0.3) is 0 Å². The van der Waals surface area contributed by atoms with Gasteiger partial charge in [0, 0.05) is 0 Å². The maximum absolute atomic E-state index is 10.2. The van der Waals surface area contributed by atoms with E-state index in [1.165, 1.54) is 0 Å². The second-order valence-corrected chi connectivity index (χ2v) is 3.47. The molecule has 0 fully saturated rings. The first kappa shape index (κ1) is 8.97. The van der Waals surface area contributed by atoms with E-state index in [0.29, 0.717) is 11.4 Å². The van der Waals surface area contributed by atoms with Crippen LogP contribution in [0.3, 0.4) is 0 Å². The van der Waals surface area contributed by atoms with E-state index < -0.39 is 0 Å². The lowest BCUT2D eigenvalue weighted by molar-refractivity contribution is 0.462. The number of nitrogens with zero attached hydrogens (tertiary/aromatic N) is 1. The van der Waals surface area contributed by atoms with Gasteiger partial charge in [0.2, 0.25) is 6.08 Å². The summed E-state index contributed by atoms with van der Waals surface area (Å²) in [6.07, 6.45) is 5.51. The SMILES string of the molecule is O=C=Nc1ccc(O)c2c1CCCC2. The molecule has 72 valence electrons. The van der Waals surface area contributed by atoms with E-state index in [1.54, 1.807) is 18.2 Å². The number of isocyanates is 1. The minimum atomic E-state index is 0.324.